The molecule has 1 aliphatic heterocycles. The van der Waals surface area contributed by atoms with Gasteiger partial charge in [-0.05, 0) is 79.4 Å². The maximum Gasteiger partial charge on any atom is 0.296 e. The molecule has 0 spiro atoms. The Labute approximate surface area is 194 Å². The van der Waals surface area contributed by atoms with Crippen molar-refractivity contribution in [2.45, 2.75) is 26.8 Å². The van der Waals surface area contributed by atoms with Crippen molar-refractivity contribution in [2.24, 2.45) is 0 Å². The lowest BCUT2D eigenvalue weighted by Crippen LogP contribution is -2.30. The first kappa shape index (κ1) is 20.7. The summed E-state index contributed by atoms with van der Waals surface area (Å²) in [6.45, 7) is 5.79. The van der Waals surface area contributed by atoms with E-state index in [9.17, 15) is 9.59 Å². The third-order valence-corrected chi connectivity index (χ3v) is 6.63. The van der Waals surface area contributed by atoms with Crippen molar-refractivity contribution in [1.29, 1.82) is 0 Å². The summed E-state index contributed by atoms with van der Waals surface area (Å²) in [5.74, 6) is 0.0184. The molecule has 2 aromatic heterocycles. The van der Waals surface area contributed by atoms with Crippen molar-refractivity contribution in [3.05, 3.63) is 103 Å². The zero-order valence-electron chi connectivity index (χ0n) is 17.6. The molecule has 1 aliphatic rings. The first-order valence-corrected chi connectivity index (χ1v) is 10.8. The predicted molar refractivity (Wildman–Crippen MR) is 126 cm³/mol. The van der Waals surface area contributed by atoms with Crippen LogP contribution in [0.3, 0.4) is 0 Å². The van der Waals surface area contributed by atoms with Crippen LogP contribution in [0.15, 0.2) is 57.9 Å². The largest absolute Gasteiger partial charge is 0.450 e. The van der Waals surface area contributed by atoms with Crippen LogP contribution in [0.2, 0.25) is 10.0 Å². The van der Waals surface area contributed by atoms with Crippen LogP contribution >= 0.6 is 23.2 Å². The summed E-state index contributed by atoms with van der Waals surface area (Å²) in [4.78, 5) is 33.2. The molecule has 0 fully saturated rings. The summed E-state index contributed by atoms with van der Waals surface area (Å²) < 4.78 is 6.04. The van der Waals surface area contributed by atoms with Crippen molar-refractivity contribution in [1.82, 2.24) is 4.98 Å². The van der Waals surface area contributed by atoms with Gasteiger partial charge in [-0.15, -0.1) is 0 Å². The van der Waals surface area contributed by atoms with Crippen molar-refractivity contribution in [3.8, 4) is 0 Å². The highest BCUT2D eigenvalue weighted by molar-refractivity contribution is 6.42. The van der Waals surface area contributed by atoms with Crippen LogP contribution in [-0.4, -0.2) is 10.9 Å². The third kappa shape index (κ3) is 3.12. The van der Waals surface area contributed by atoms with Crippen molar-refractivity contribution in [3.63, 3.8) is 0 Å². The second kappa shape index (κ2) is 7.47. The number of pyridine rings is 1. The first-order chi connectivity index (χ1) is 15.3. The lowest BCUT2D eigenvalue weighted by molar-refractivity contribution is 0.0970. The van der Waals surface area contributed by atoms with E-state index in [-0.39, 0.29) is 16.8 Å². The minimum absolute atomic E-state index is 0.0186. The summed E-state index contributed by atoms with van der Waals surface area (Å²) in [5.41, 5.74) is 3.93. The molecular weight excluding hydrogens is 447 g/mol. The number of hydrogen-bond donors (Lipinski definition) is 0. The topological polar surface area (TPSA) is 63.4 Å². The maximum absolute atomic E-state index is 13.7. The summed E-state index contributed by atoms with van der Waals surface area (Å²) in [7, 11) is 0. The molecule has 0 N–H and O–H groups in total. The fraction of sp³-hybridized carbons (Fsp3) is 0.160. The van der Waals surface area contributed by atoms with Crippen LogP contribution in [0.4, 0.5) is 5.82 Å². The van der Waals surface area contributed by atoms with E-state index in [1.165, 1.54) is 4.90 Å². The van der Waals surface area contributed by atoms with Gasteiger partial charge in [0.2, 0.25) is 5.76 Å². The molecule has 0 aliphatic carbocycles. The van der Waals surface area contributed by atoms with Crippen LogP contribution in [0, 0.1) is 20.8 Å². The molecule has 2 aromatic carbocycles. The Hall–Kier alpha value is -3.15. The molecule has 4 aromatic rings. The molecule has 0 saturated heterocycles. The van der Waals surface area contributed by atoms with Gasteiger partial charge in [0.25, 0.3) is 5.91 Å². The van der Waals surface area contributed by atoms with E-state index < -0.39 is 11.9 Å². The molecule has 1 amide bonds. The zero-order valence-corrected chi connectivity index (χ0v) is 19.1. The van der Waals surface area contributed by atoms with Crippen LogP contribution in [0.5, 0.6) is 0 Å². The molecule has 0 saturated carbocycles. The number of nitrogens with zero attached hydrogens (tertiary/aromatic N) is 2. The number of fused-ring (bicyclic) bond motifs is 2. The van der Waals surface area contributed by atoms with Gasteiger partial charge in [-0.2, -0.15) is 0 Å². The van der Waals surface area contributed by atoms with Gasteiger partial charge in [0, 0.05) is 6.20 Å². The molecule has 0 bridgehead atoms. The fourth-order valence-electron chi connectivity index (χ4n) is 4.11. The molecule has 0 radical (unpaired) electrons. The number of aryl methyl sites for hydroxylation is 3. The molecule has 1 unspecified atom stereocenters. The molecule has 7 heteroatoms. The summed E-state index contributed by atoms with van der Waals surface area (Å²) >= 11 is 12.4. The SMILES string of the molecule is Cc1ccnc(N2C(=O)c3oc4cc(C)c(C)cc4c(=O)c3C2c2ccc(Cl)c(Cl)c2)c1. The minimum Gasteiger partial charge on any atom is -0.450 e. The van der Waals surface area contributed by atoms with Crippen molar-refractivity contribution >= 4 is 45.9 Å². The molecular formula is C25H18Cl2N2O3. The number of carbonyl (C=O) groups is 1. The molecule has 3 heterocycles. The Bertz CT molecular complexity index is 1490. The van der Waals surface area contributed by atoms with E-state index in [1.807, 2.05) is 26.8 Å². The lowest BCUT2D eigenvalue weighted by Gasteiger charge is -2.24. The maximum atomic E-state index is 13.7. The van der Waals surface area contributed by atoms with E-state index in [4.69, 9.17) is 27.6 Å². The lowest BCUT2D eigenvalue weighted by atomic mass is 9.97. The van der Waals surface area contributed by atoms with Gasteiger partial charge in [-0.3, -0.25) is 14.5 Å². The Morgan fingerprint density at radius 2 is 1.69 bits per heavy atom. The minimum atomic E-state index is -0.746. The Kier molecular flexibility index (Phi) is 4.84. The van der Waals surface area contributed by atoms with Crippen LogP contribution < -0.4 is 10.3 Å². The van der Waals surface area contributed by atoms with Gasteiger partial charge < -0.3 is 4.42 Å². The molecule has 5 nitrogen and oxygen atoms in total. The zero-order chi connectivity index (χ0) is 22.7. The van der Waals surface area contributed by atoms with Crippen LogP contribution in [0.25, 0.3) is 11.0 Å². The number of hydrogen-bond acceptors (Lipinski definition) is 4. The average Bonchev–Trinajstić information content (AvgIpc) is 3.04. The number of benzene rings is 2. The van der Waals surface area contributed by atoms with E-state index in [2.05, 4.69) is 4.98 Å². The van der Waals surface area contributed by atoms with E-state index >= 15 is 0 Å². The van der Waals surface area contributed by atoms with E-state index in [0.29, 0.717) is 32.4 Å². The van der Waals surface area contributed by atoms with Crippen molar-refractivity contribution in [2.75, 3.05) is 4.90 Å². The monoisotopic (exact) mass is 464 g/mol. The number of anilines is 1. The molecule has 32 heavy (non-hydrogen) atoms. The summed E-state index contributed by atoms with van der Waals surface area (Å²) in [6, 6.07) is 11.6. The Balaban J connectivity index is 1.84. The van der Waals surface area contributed by atoms with Gasteiger partial charge in [0.05, 0.1) is 27.0 Å². The molecule has 5 rings (SSSR count). The summed E-state index contributed by atoms with van der Waals surface area (Å²) in [6.07, 6.45) is 1.63. The predicted octanol–water partition coefficient (Wildman–Crippen LogP) is 6.17. The summed E-state index contributed by atoms with van der Waals surface area (Å²) in [5, 5.41) is 1.15. The van der Waals surface area contributed by atoms with Gasteiger partial charge in [0.15, 0.2) is 5.43 Å². The Morgan fingerprint density at radius 3 is 2.41 bits per heavy atom. The van der Waals surface area contributed by atoms with Gasteiger partial charge in [-0.1, -0.05) is 29.3 Å². The second-order valence-corrected chi connectivity index (χ2v) is 8.86. The number of halogens is 2. The molecule has 1 atom stereocenters. The van der Waals surface area contributed by atoms with E-state index in [0.717, 1.165) is 16.7 Å². The normalized spacial score (nSPS) is 15.5. The second-order valence-electron chi connectivity index (χ2n) is 8.05. The fourth-order valence-corrected chi connectivity index (χ4v) is 4.42. The first-order valence-electron chi connectivity index (χ1n) is 10.1. The highest BCUT2D eigenvalue weighted by Gasteiger charge is 2.44. The molecule has 160 valence electrons. The highest BCUT2D eigenvalue weighted by Crippen LogP contribution is 2.42. The standard InChI is InChI=1S/C25H18Cl2N2O3/c1-12-6-7-28-20(8-12)29-22(15-4-5-17(26)18(27)11-15)21-23(30)16-9-13(2)14(3)10-19(16)32-24(21)25(29)31/h4-11,22H,1-3H3. The number of aromatic nitrogens is 1. The highest BCUT2D eigenvalue weighted by atomic mass is 35.5. The van der Waals surface area contributed by atoms with Gasteiger partial charge in [-0.25, -0.2) is 4.98 Å². The average molecular weight is 465 g/mol. The number of carbonyl (C=O) groups excluding carboxylic acids is 1. The van der Waals surface area contributed by atoms with Gasteiger partial charge >= 0.3 is 0 Å². The van der Waals surface area contributed by atoms with Crippen molar-refractivity contribution < 1.29 is 9.21 Å². The smallest absolute Gasteiger partial charge is 0.296 e. The van der Waals surface area contributed by atoms with Crippen LogP contribution in [-0.2, 0) is 0 Å². The van der Waals surface area contributed by atoms with Gasteiger partial charge in [0.1, 0.15) is 11.4 Å². The third-order valence-electron chi connectivity index (χ3n) is 5.89. The van der Waals surface area contributed by atoms with Crippen LogP contribution in [0.1, 0.15) is 44.4 Å². The quantitative estimate of drug-likeness (QED) is 0.355. The Morgan fingerprint density at radius 1 is 0.938 bits per heavy atom. The van der Waals surface area contributed by atoms with E-state index in [1.54, 1.807) is 42.6 Å². The number of rotatable bonds is 2. The number of amides is 1.